The minimum Gasteiger partial charge on any atom is -0.450 e. The van der Waals surface area contributed by atoms with Crippen molar-refractivity contribution in [3.8, 4) is 0 Å². The Labute approximate surface area is 162 Å². The van der Waals surface area contributed by atoms with Crippen LogP contribution in [0.4, 0.5) is 9.59 Å². The summed E-state index contributed by atoms with van der Waals surface area (Å²) in [6.07, 6.45) is -9.01. The zero-order valence-corrected chi connectivity index (χ0v) is 15.5. The summed E-state index contributed by atoms with van der Waals surface area (Å²) in [6, 6.07) is 0. The zero-order chi connectivity index (χ0) is 21.9. The van der Waals surface area contributed by atoms with Crippen molar-refractivity contribution in [2.45, 2.75) is 38.1 Å². The predicted octanol–water partition coefficient (Wildman–Crippen LogP) is -1.26. The molecule has 0 aromatic heterocycles. The molecule has 2 unspecified atom stereocenters. The monoisotopic (exact) mass is 436 g/mol. The Kier molecular flexibility index (Phi) is 6.41. The molecule has 2 heterocycles. The molecule has 2 aliphatic heterocycles. The van der Waals surface area contributed by atoms with Crippen LogP contribution in [-0.2, 0) is 38.5 Å². The smallest absolute Gasteiger partial charge is 0.450 e. The summed E-state index contributed by atoms with van der Waals surface area (Å²) in [5, 5.41) is 17.6. The highest BCUT2D eigenvalue weighted by atomic mass is 32.2. The van der Waals surface area contributed by atoms with Crippen molar-refractivity contribution in [2.24, 2.45) is 0 Å². The summed E-state index contributed by atoms with van der Waals surface area (Å²) >= 11 is 0. The van der Waals surface area contributed by atoms with Crippen LogP contribution in [0.3, 0.4) is 0 Å². The molecular weight excluding hydrogens is 420 g/mol. The van der Waals surface area contributed by atoms with E-state index in [1.807, 2.05) is 0 Å². The van der Waals surface area contributed by atoms with E-state index < -0.39 is 69.7 Å². The molecule has 2 N–H and O–H groups in total. The van der Waals surface area contributed by atoms with Gasteiger partial charge in [0.1, 0.15) is 11.5 Å². The maximum atomic E-state index is 12.5. The van der Waals surface area contributed by atoms with Crippen LogP contribution in [0.1, 0.15) is 25.7 Å². The van der Waals surface area contributed by atoms with Gasteiger partial charge in [-0.05, 0) is 0 Å². The molecule has 0 aliphatic carbocycles. The lowest BCUT2D eigenvalue weighted by Gasteiger charge is -2.27. The molecule has 15 heteroatoms. The SMILES string of the molecule is O=C(O)OC(CS(=O)(=O)CC(OC(=O)O)N1C(=O)CCC1=O)N1C(=O)CCC1=O. The summed E-state index contributed by atoms with van der Waals surface area (Å²) in [4.78, 5) is 69.6. The van der Waals surface area contributed by atoms with Crippen molar-refractivity contribution in [3.63, 3.8) is 0 Å². The van der Waals surface area contributed by atoms with Gasteiger partial charge in [-0.25, -0.2) is 27.8 Å². The fraction of sp³-hybridized carbons (Fsp3) is 0.571. The van der Waals surface area contributed by atoms with Crippen LogP contribution in [0.5, 0.6) is 0 Å². The van der Waals surface area contributed by atoms with Gasteiger partial charge >= 0.3 is 12.3 Å². The molecule has 0 spiro atoms. The standard InChI is InChI=1S/C14H16N2O12S/c17-7-1-2-8(18)15(7)11(27-13(21)22)5-29(25,26)6-12(28-14(23)24)16-9(19)3-4-10(16)20/h11-12H,1-6H2,(H,21,22)(H,23,24). The second-order valence-electron chi connectivity index (χ2n) is 6.07. The lowest BCUT2D eigenvalue weighted by atomic mass is 10.4. The van der Waals surface area contributed by atoms with E-state index in [9.17, 15) is 37.2 Å². The predicted molar refractivity (Wildman–Crippen MR) is 86.6 cm³/mol. The van der Waals surface area contributed by atoms with Gasteiger partial charge in [0.05, 0.1) is 0 Å². The van der Waals surface area contributed by atoms with E-state index in [0.29, 0.717) is 9.80 Å². The van der Waals surface area contributed by atoms with Gasteiger partial charge in [0.25, 0.3) is 0 Å². The molecule has 2 rings (SSSR count). The van der Waals surface area contributed by atoms with E-state index in [0.717, 1.165) is 0 Å². The molecule has 2 saturated heterocycles. The Morgan fingerprint density at radius 1 is 0.759 bits per heavy atom. The van der Waals surface area contributed by atoms with Gasteiger partial charge in [-0.3, -0.25) is 19.2 Å². The van der Waals surface area contributed by atoms with Crippen LogP contribution < -0.4 is 0 Å². The summed E-state index contributed by atoms with van der Waals surface area (Å²) < 4.78 is 33.7. The van der Waals surface area contributed by atoms with Crippen molar-refractivity contribution in [1.82, 2.24) is 9.80 Å². The first-order chi connectivity index (χ1) is 13.4. The third kappa shape index (κ3) is 5.40. The molecule has 29 heavy (non-hydrogen) atoms. The third-order valence-electron chi connectivity index (χ3n) is 4.02. The molecule has 160 valence electrons. The second-order valence-corrected chi connectivity index (χ2v) is 8.22. The number of hydrogen-bond acceptors (Lipinski definition) is 10. The average molecular weight is 436 g/mol. The summed E-state index contributed by atoms with van der Waals surface area (Å²) in [7, 11) is -4.51. The molecule has 2 aliphatic rings. The molecule has 0 aromatic carbocycles. The third-order valence-corrected chi connectivity index (χ3v) is 5.61. The molecule has 2 atom stereocenters. The molecule has 2 fully saturated rings. The van der Waals surface area contributed by atoms with Gasteiger partial charge in [0.2, 0.25) is 36.1 Å². The van der Waals surface area contributed by atoms with E-state index in [4.69, 9.17) is 10.2 Å². The van der Waals surface area contributed by atoms with Gasteiger partial charge in [0.15, 0.2) is 9.84 Å². The number of ether oxygens (including phenoxy) is 2. The number of sulfone groups is 1. The Morgan fingerprint density at radius 2 is 1.03 bits per heavy atom. The van der Waals surface area contributed by atoms with Gasteiger partial charge in [-0.1, -0.05) is 0 Å². The van der Waals surface area contributed by atoms with Crippen LogP contribution in [0.2, 0.25) is 0 Å². The fourth-order valence-corrected chi connectivity index (χ4v) is 4.33. The Morgan fingerprint density at radius 3 is 1.28 bits per heavy atom. The number of amides is 4. The number of hydrogen-bond donors (Lipinski definition) is 2. The second kappa shape index (κ2) is 8.42. The minimum absolute atomic E-state index is 0.264. The maximum Gasteiger partial charge on any atom is 0.507 e. The summed E-state index contributed by atoms with van der Waals surface area (Å²) in [5.41, 5.74) is 0. The van der Waals surface area contributed by atoms with Gasteiger partial charge in [0, 0.05) is 25.7 Å². The van der Waals surface area contributed by atoms with Crippen molar-refractivity contribution < 1.29 is 56.9 Å². The van der Waals surface area contributed by atoms with Crippen molar-refractivity contribution in [2.75, 3.05) is 11.5 Å². The normalized spacial score (nSPS) is 19.4. The van der Waals surface area contributed by atoms with Gasteiger partial charge in [-0.15, -0.1) is 0 Å². The lowest BCUT2D eigenvalue weighted by molar-refractivity contribution is -0.150. The van der Waals surface area contributed by atoms with Crippen LogP contribution in [-0.4, -0.2) is 88.3 Å². The molecule has 0 saturated carbocycles. The highest BCUT2D eigenvalue weighted by Gasteiger charge is 2.43. The number of carboxylic acid groups (broad SMARTS) is 2. The highest BCUT2D eigenvalue weighted by Crippen LogP contribution is 2.21. The topological polar surface area (TPSA) is 202 Å². The summed E-state index contributed by atoms with van der Waals surface area (Å²) in [5.74, 6) is -5.82. The first-order valence-electron chi connectivity index (χ1n) is 8.10. The quantitative estimate of drug-likeness (QED) is 0.338. The number of likely N-dealkylation sites (tertiary alicyclic amines) is 2. The largest absolute Gasteiger partial charge is 0.507 e. The lowest BCUT2D eigenvalue weighted by Crippen LogP contribution is -2.50. The molecule has 14 nitrogen and oxygen atoms in total. The maximum absolute atomic E-state index is 12.5. The van der Waals surface area contributed by atoms with Crippen LogP contribution in [0.15, 0.2) is 0 Å². The van der Waals surface area contributed by atoms with E-state index in [-0.39, 0.29) is 25.7 Å². The minimum atomic E-state index is -4.51. The average Bonchev–Trinajstić information content (AvgIpc) is 3.06. The van der Waals surface area contributed by atoms with Crippen LogP contribution in [0, 0.1) is 0 Å². The van der Waals surface area contributed by atoms with Crippen LogP contribution >= 0.6 is 0 Å². The first-order valence-corrected chi connectivity index (χ1v) is 9.93. The molecule has 0 aromatic rings. The van der Waals surface area contributed by atoms with Gasteiger partial charge < -0.3 is 19.7 Å². The van der Waals surface area contributed by atoms with Crippen LogP contribution in [0.25, 0.3) is 0 Å². The van der Waals surface area contributed by atoms with E-state index in [1.54, 1.807) is 0 Å². The number of nitrogens with zero attached hydrogens (tertiary/aromatic N) is 2. The van der Waals surface area contributed by atoms with E-state index in [1.165, 1.54) is 0 Å². The highest BCUT2D eigenvalue weighted by molar-refractivity contribution is 7.91. The number of carbonyl (C=O) groups is 6. The summed E-state index contributed by atoms with van der Waals surface area (Å²) in [6.45, 7) is 0. The number of imide groups is 2. The molecular formula is C14H16N2O12S. The van der Waals surface area contributed by atoms with Crippen molar-refractivity contribution >= 4 is 45.8 Å². The molecule has 0 bridgehead atoms. The Balaban J connectivity index is 2.25. The zero-order valence-electron chi connectivity index (χ0n) is 14.7. The van der Waals surface area contributed by atoms with Crippen molar-refractivity contribution in [3.05, 3.63) is 0 Å². The first kappa shape index (κ1) is 22.1. The number of carbonyl (C=O) groups excluding carboxylic acids is 4. The van der Waals surface area contributed by atoms with Gasteiger partial charge in [-0.2, -0.15) is 0 Å². The molecule has 4 amide bonds. The Hall–Kier alpha value is -3.23. The fourth-order valence-electron chi connectivity index (χ4n) is 2.89. The van der Waals surface area contributed by atoms with E-state index in [2.05, 4.69) is 9.47 Å². The molecule has 0 radical (unpaired) electrons. The van der Waals surface area contributed by atoms with E-state index >= 15 is 0 Å². The van der Waals surface area contributed by atoms with Crippen molar-refractivity contribution in [1.29, 1.82) is 0 Å². The number of rotatable bonds is 8. The Bertz CT molecular complexity index is 770.